The smallest absolute Gasteiger partial charge is 0.231 e. The zero-order valence-electron chi connectivity index (χ0n) is 12.0. The molecule has 1 unspecified atom stereocenters. The Morgan fingerprint density at radius 1 is 1.29 bits per heavy atom. The molecule has 2 aromatic rings. The van der Waals surface area contributed by atoms with Crippen molar-refractivity contribution < 1.29 is 4.79 Å². The molecule has 110 valence electrons. The molecule has 1 aromatic heterocycles. The van der Waals surface area contributed by atoms with Gasteiger partial charge in [-0.25, -0.2) is 0 Å². The van der Waals surface area contributed by atoms with Crippen molar-refractivity contribution in [3.05, 3.63) is 36.7 Å². The number of amides is 1. The number of anilines is 1. The van der Waals surface area contributed by atoms with Crippen LogP contribution >= 0.6 is 0 Å². The van der Waals surface area contributed by atoms with E-state index in [9.17, 15) is 4.79 Å². The van der Waals surface area contributed by atoms with Crippen LogP contribution in [0.5, 0.6) is 0 Å². The van der Waals surface area contributed by atoms with E-state index in [4.69, 9.17) is 0 Å². The lowest BCUT2D eigenvalue weighted by molar-refractivity contribution is -0.125. The Labute approximate surface area is 123 Å². The highest BCUT2D eigenvalue weighted by molar-refractivity contribution is 5.95. The van der Waals surface area contributed by atoms with Gasteiger partial charge in [-0.1, -0.05) is 0 Å². The first-order valence-electron chi connectivity index (χ1n) is 7.16. The summed E-state index contributed by atoms with van der Waals surface area (Å²) in [5.74, 6) is 0.0691. The second-order valence-electron chi connectivity index (χ2n) is 5.66. The topological polar surface area (TPSA) is 71.8 Å². The van der Waals surface area contributed by atoms with Gasteiger partial charge in [0.15, 0.2) is 0 Å². The number of piperidine rings is 1. The molecule has 21 heavy (non-hydrogen) atoms. The molecule has 0 spiro atoms. The van der Waals surface area contributed by atoms with Crippen molar-refractivity contribution in [3.63, 3.8) is 0 Å². The molecule has 2 heterocycles. The molecular formula is C15H19N5O. The molecule has 0 bridgehead atoms. The van der Waals surface area contributed by atoms with E-state index in [2.05, 4.69) is 20.8 Å². The van der Waals surface area contributed by atoms with Crippen LogP contribution in [0, 0.1) is 5.41 Å². The minimum Gasteiger partial charge on any atom is -0.326 e. The van der Waals surface area contributed by atoms with Crippen LogP contribution in [0.1, 0.15) is 19.8 Å². The lowest BCUT2D eigenvalue weighted by Crippen LogP contribution is -2.46. The molecule has 1 aliphatic rings. The number of hydrogen-bond donors (Lipinski definition) is 2. The summed E-state index contributed by atoms with van der Waals surface area (Å²) in [4.78, 5) is 14.0. The number of benzene rings is 1. The fourth-order valence-corrected chi connectivity index (χ4v) is 2.56. The highest BCUT2D eigenvalue weighted by atomic mass is 16.2. The van der Waals surface area contributed by atoms with Gasteiger partial charge in [-0.2, -0.15) is 15.0 Å². The largest absolute Gasteiger partial charge is 0.326 e. The molecular weight excluding hydrogens is 266 g/mol. The van der Waals surface area contributed by atoms with E-state index in [-0.39, 0.29) is 11.3 Å². The average Bonchev–Trinajstić information content (AvgIpc) is 3.03. The van der Waals surface area contributed by atoms with E-state index in [1.807, 2.05) is 31.2 Å². The Morgan fingerprint density at radius 3 is 2.62 bits per heavy atom. The zero-order valence-corrected chi connectivity index (χ0v) is 12.0. The summed E-state index contributed by atoms with van der Waals surface area (Å²) in [6.07, 6.45) is 5.22. The van der Waals surface area contributed by atoms with Crippen molar-refractivity contribution in [3.8, 4) is 5.69 Å². The maximum Gasteiger partial charge on any atom is 0.231 e. The number of nitrogens with zero attached hydrogens (tertiary/aromatic N) is 3. The zero-order chi connectivity index (χ0) is 14.7. The summed E-state index contributed by atoms with van der Waals surface area (Å²) in [5.41, 5.74) is 1.33. The Bertz CT molecular complexity index is 600. The lowest BCUT2D eigenvalue weighted by atomic mass is 9.82. The molecule has 0 aliphatic carbocycles. The molecule has 1 saturated heterocycles. The molecule has 2 N–H and O–H groups in total. The second-order valence-corrected chi connectivity index (χ2v) is 5.66. The SMILES string of the molecule is CC1(C(=O)Nc2ccc(-n3nccn3)cc2)CCCNC1. The van der Waals surface area contributed by atoms with Gasteiger partial charge in [-0.15, -0.1) is 0 Å². The Balaban J connectivity index is 1.69. The fourth-order valence-electron chi connectivity index (χ4n) is 2.56. The van der Waals surface area contributed by atoms with Crippen molar-refractivity contribution >= 4 is 11.6 Å². The molecule has 1 aliphatic heterocycles. The maximum absolute atomic E-state index is 12.4. The van der Waals surface area contributed by atoms with Gasteiger partial charge < -0.3 is 10.6 Å². The molecule has 1 fully saturated rings. The summed E-state index contributed by atoms with van der Waals surface area (Å²) in [6.45, 7) is 3.74. The van der Waals surface area contributed by atoms with Crippen molar-refractivity contribution in [2.24, 2.45) is 5.41 Å². The monoisotopic (exact) mass is 285 g/mol. The van der Waals surface area contributed by atoms with Crippen molar-refractivity contribution in [2.45, 2.75) is 19.8 Å². The number of aromatic nitrogens is 3. The van der Waals surface area contributed by atoms with Crippen LogP contribution in [0.3, 0.4) is 0 Å². The van der Waals surface area contributed by atoms with Crippen molar-refractivity contribution in [1.29, 1.82) is 0 Å². The molecule has 0 saturated carbocycles. The summed E-state index contributed by atoms with van der Waals surface area (Å²) in [5, 5.41) is 14.4. The third-order valence-electron chi connectivity index (χ3n) is 3.92. The molecule has 1 atom stereocenters. The van der Waals surface area contributed by atoms with Crippen LogP contribution in [0.2, 0.25) is 0 Å². The highest BCUT2D eigenvalue weighted by Crippen LogP contribution is 2.27. The maximum atomic E-state index is 12.4. The first kappa shape index (κ1) is 13.8. The summed E-state index contributed by atoms with van der Waals surface area (Å²) < 4.78 is 0. The molecule has 6 heteroatoms. The first-order chi connectivity index (χ1) is 10.2. The fraction of sp³-hybridized carbons (Fsp3) is 0.400. The van der Waals surface area contributed by atoms with Crippen LogP contribution < -0.4 is 10.6 Å². The first-order valence-corrected chi connectivity index (χ1v) is 7.16. The second kappa shape index (κ2) is 5.65. The van der Waals surface area contributed by atoms with Crippen LogP contribution in [0.4, 0.5) is 5.69 Å². The molecule has 6 nitrogen and oxygen atoms in total. The lowest BCUT2D eigenvalue weighted by Gasteiger charge is -2.32. The van der Waals surface area contributed by atoms with E-state index in [0.717, 1.165) is 37.3 Å². The van der Waals surface area contributed by atoms with Crippen LogP contribution in [-0.2, 0) is 4.79 Å². The summed E-state index contributed by atoms with van der Waals surface area (Å²) in [6, 6.07) is 7.51. The Hall–Kier alpha value is -2.21. The van der Waals surface area contributed by atoms with Gasteiger partial charge in [-0.3, -0.25) is 4.79 Å². The average molecular weight is 285 g/mol. The van der Waals surface area contributed by atoms with E-state index in [1.165, 1.54) is 4.80 Å². The van der Waals surface area contributed by atoms with Gasteiger partial charge in [0.25, 0.3) is 0 Å². The summed E-state index contributed by atoms with van der Waals surface area (Å²) >= 11 is 0. The van der Waals surface area contributed by atoms with Crippen molar-refractivity contribution in [2.75, 3.05) is 18.4 Å². The number of nitrogens with one attached hydrogen (secondary N) is 2. The molecule has 3 rings (SSSR count). The van der Waals surface area contributed by atoms with E-state index >= 15 is 0 Å². The quantitative estimate of drug-likeness (QED) is 0.898. The van der Waals surface area contributed by atoms with Crippen LogP contribution in [-0.4, -0.2) is 34.0 Å². The highest BCUT2D eigenvalue weighted by Gasteiger charge is 2.34. The van der Waals surface area contributed by atoms with Gasteiger partial charge in [0, 0.05) is 12.2 Å². The van der Waals surface area contributed by atoms with E-state index in [1.54, 1.807) is 12.4 Å². The number of hydrogen-bond acceptors (Lipinski definition) is 4. The third kappa shape index (κ3) is 2.95. The third-order valence-corrected chi connectivity index (χ3v) is 3.92. The predicted octanol–water partition coefficient (Wildman–Crippen LogP) is 1.60. The van der Waals surface area contributed by atoms with Crippen molar-refractivity contribution in [1.82, 2.24) is 20.3 Å². The van der Waals surface area contributed by atoms with E-state index < -0.39 is 0 Å². The normalized spacial score (nSPS) is 22.0. The number of rotatable bonds is 3. The van der Waals surface area contributed by atoms with Gasteiger partial charge >= 0.3 is 0 Å². The molecule has 1 amide bonds. The predicted molar refractivity (Wildman–Crippen MR) is 80.2 cm³/mol. The van der Waals surface area contributed by atoms with Gasteiger partial charge in [0.2, 0.25) is 5.91 Å². The minimum absolute atomic E-state index is 0.0691. The Morgan fingerprint density at radius 2 is 2.00 bits per heavy atom. The van der Waals surface area contributed by atoms with Crippen LogP contribution in [0.25, 0.3) is 5.69 Å². The number of carbonyl (C=O) groups is 1. The van der Waals surface area contributed by atoms with Crippen LogP contribution in [0.15, 0.2) is 36.7 Å². The van der Waals surface area contributed by atoms with E-state index in [0.29, 0.717) is 0 Å². The molecule has 0 radical (unpaired) electrons. The summed E-state index contributed by atoms with van der Waals surface area (Å²) in [7, 11) is 0. The Kier molecular flexibility index (Phi) is 3.70. The van der Waals surface area contributed by atoms with Gasteiger partial charge in [0.1, 0.15) is 0 Å². The molecule has 1 aromatic carbocycles. The van der Waals surface area contributed by atoms with Gasteiger partial charge in [0.05, 0.1) is 23.5 Å². The van der Waals surface area contributed by atoms with Gasteiger partial charge in [-0.05, 0) is 50.6 Å². The number of carbonyl (C=O) groups excluding carboxylic acids is 1. The minimum atomic E-state index is -0.333. The standard InChI is InChI=1S/C15H19N5O/c1-15(7-2-8-16-11-15)14(21)19-12-3-5-13(6-4-12)20-17-9-10-18-20/h3-6,9-10,16H,2,7-8,11H2,1H3,(H,19,21).